The first-order chi connectivity index (χ1) is 15.8. The molecule has 1 fully saturated rings. The van der Waals surface area contributed by atoms with E-state index in [1.54, 1.807) is 25.2 Å². The minimum Gasteiger partial charge on any atom is -0.325 e. The lowest BCUT2D eigenvalue weighted by Gasteiger charge is -2.21. The van der Waals surface area contributed by atoms with Crippen LogP contribution in [-0.4, -0.2) is 30.8 Å². The van der Waals surface area contributed by atoms with Crippen molar-refractivity contribution in [2.45, 2.75) is 43.0 Å². The number of carbonyl (C=O) groups is 1. The molecule has 8 nitrogen and oxygen atoms in total. The lowest BCUT2D eigenvalue weighted by molar-refractivity contribution is -0.113. The van der Waals surface area contributed by atoms with Crippen LogP contribution in [0.1, 0.15) is 43.8 Å². The van der Waals surface area contributed by atoms with Crippen molar-refractivity contribution in [3.8, 4) is 0 Å². The second-order valence-electron chi connectivity index (χ2n) is 8.09. The molecule has 11 heteroatoms. The Hall–Kier alpha value is -2.36. The third-order valence-electron chi connectivity index (χ3n) is 5.80. The number of aryl methyl sites for hydroxylation is 1. The molecule has 0 atom stereocenters. The molecule has 0 radical (unpaired) electrons. The summed E-state index contributed by atoms with van der Waals surface area (Å²) in [7, 11) is 3.01. The zero-order valence-electron chi connectivity index (χ0n) is 18.2. The maximum Gasteiger partial charge on any atom is 0.332 e. The van der Waals surface area contributed by atoms with Crippen molar-refractivity contribution >= 4 is 57.6 Å². The summed E-state index contributed by atoms with van der Waals surface area (Å²) in [4.78, 5) is 47.4. The van der Waals surface area contributed by atoms with Crippen molar-refractivity contribution < 1.29 is 4.79 Å². The molecule has 174 valence electrons. The Labute approximate surface area is 204 Å². The fourth-order valence-corrected chi connectivity index (χ4v) is 5.12. The van der Waals surface area contributed by atoms with Crippen molar-refractivity contribution in [2.75, 3.05) is 11.1 Å². The fraction of sp³-hybridized carbons (Fsp3) is 0.409. The Morgan fingerprint density at radius 2 is 1.82 bits per heavy atom. The van der Waals surface area contributed by atoms with E-state index < -0.39 is 11.2 Å². The number of carbonyl (C=O) groups excluding carboxylic acids is 1. The van der Waals surface area contributed by atoms with E-state index in [4.69, 9.17) is 28.2 Å². The van der Waals surface area contributed by atoms with Gasteiger partial charge in [-0.05, 0) is 31.0 Å². The molecule has 1 saturated carbocycles. The first-order valence-electron chi connectivity index (χ1n) is 10.6. The van der Waals surface area contributed by atoms with Crippen LogP contribution in [0.15, 0.2) is 32.8 Å². The number of nitrogens with zero attached hydrogens (tertiary/aromatic N) is 4. The molecule has 2 heterocycles. The molecule has 33 heavy (non-hydrogen) atoms. The zero-order chi connectivity index (χ0) is 23.7. The van der Waals surface area contributed by atoms with Gasteiger partial charge in [0.05, 0.1) is 15.8 Å². The van der Waals surface area contributed by atoms with Crippen LogP contribution in [-0.2, 0) is 18.9 Å². The van der Waals surface area contributed by atoms with Gasteiger partial charge in [-0.1, -0.05) is 54.2 Å². The molecule has 1 aliphatic rings. The van der Waals surface area contributed by atoms with Crippen molar-refractivity contribution in [2.24, 2.45) is 14.1 Å². The predicted molar refractivity (Wildman–Crippen MR) is 132 cm³/mol. The quantitative estimate of drug-likeness (QED) is 0.412. The molecule has 0 spiro atoms. The van der Waals surface area contributed by atoms with E-state index in [-0.39, 0.29) is 23.0 Å². The molecule has 1 N–H and O–H groups in total. The highest BCUT2D eigenvalue weighted by Gasteiger charge is 2.23. The number of benzene rings is 1. The number of hydrogen-bond donors (Lipinski definition) is 1. The number of thioether (sulfide) groups is 1. The summed E-state index contributed by atoms with van der Waals surface area (Å²) >= 11 is 13.1. The van der Waals surface area contributed by atoms with Gasteiger partial charge in [-0.2, -0.15) is 0 Å². The number of halogens is 2. The summed E-state index contributed by atoms with van der Waals surface area (Å²) in [6, 6.07) is 4.83. The SMILES string of the molecule is Cn1c(=O)c2c(SCC(=O)Nc3ccc(Cl)c(Cl)c3)nc(C3CCCCC3)nc2n(C)c1=O. The van der Waals surface area contributed by atoms with E-state index in [1.807, 2.05) is 0 Å². The van der Waals surface area contributed by atoms with Crippen LogP contribution in [0.25, 0.3) is 11.0 Å². The number of fused-ring (bicyclic) bond motifs is 1. The monoisotopic (exact) mass is 507 g/mol. The summed E-state index contributed by atoms with van der Waals surface area (Å²) in [5.74, 6) is 0.526. The average molecular weight is 508 g/mol. The van der Waals surface area contributed by atoms with E-state index >= 15 is 0 Å². The van der Waals surface area contributed by atoms with Crippen LogP contribution in [0.4, 0.5) is 5.69 Å². The van der Waals surface area contributed by atoms with Crippen LogP contribution < -0.4 is 16.6 Å². The van der Waals surface area contributed by atoms with Gasteiger partial charge in [0, 0.05) is 25.7 Å². The van der Waals surface area contributed by atoms with E-state index in [9.17, 15) is 14.4 Å². The molecule has 0 aliphatic heterocycles. The molecular weight excluding hydrogens is 485 g/mol. The Balaban J connectivity index is 1.68. The van der Waals surface area contributed by atoms with Gasteiger partial charge >= 0.3 is 5.69 Å². The largest absolute Gasteiger partial charge is 0.332 e. The van der Waals surface area contributed by atoms with Gasteiger partial charge in [0.1, 0.15) is 16.2 Å². The van der Waals surface area contributed by atoms with Crippen LogP contribution in [0.2, 0.25) is 10.0 Å². The zero-order valence-corrected chi connectivity index (χ0v) is 20.6. The van der Waals surface area contributed by atoms with Crippen molar-refractivity contribution in [1.29, 1.82) is 0 Å². The number of rotatable bonds is 5. The molecule has 1 aromatic carbocycles. The van der Waals surface area contributed by atoms with Crippen LogP contribution in [0, 0.1) is 0 Å². The number of anilines is 1. The first-order valence-corrected chi connectivity index (χ1v) is 12.4. The van der Waals surface area contributed by atoms with Gasteiger partial charge < -0.3 is 5.32 Å². The Kier molecular flexibility index (Phi) is 7.11. The molecule has 0 saturated heterocycles. The highest BCUT2D eigenvalue weighted by molar-refractivity contribution is 8.00. The first kappa shape index (κ1) is 23.8. The van der Waals surface area contributed by atoms with Crippen molar-refractivity contribution in [3.05, 3.63) is 54.9 Å². The lowest BCUT2D eigenvalue weighted by Crippen LogP contribution is -2.38. The van der Waals surface area contributed by atoms with Gasteiger partial charge in [-0.25, -0.2) is 14.8 Å². The summed E-state index contributed by atoms with van der Waals surface area (Å²) < 4.78 is 2.40. The van der Waals surface area contributed by atoms with Crippen molar-refractivity contribution in [3.63, 3.8) is 0 Å². The number of amides is 1. The van der Waals surface area contributed by atoms with Gasteiger partial charge in [-0.3, -0.25) is 18.7 Å². The number of nitrogens with one attached hydrogen (secondary N) is 1. The van der Waals surface area contributed by atoms with Crippen LogP contribution in [0.3, 0.4) is 0 Å². The standard InChI is InChI=1S/C22H23Cl2N5O3S/c1-28-19-17(21(31)29(2)22(28)32)20(27-18(26-19)12-6-4-3-5-7-12)33-11-16(30)25-13-8-9-14(23)15(24)10-13/h8-10,12H,3-7,11H2,1-2H3,(H,25,30). The lowest BCUT2D eigenvalue weighted by atomic mass is 9.89. The van der Waals surface area contributed by atoms with Crippen LogP contribution >= 0.6 is 35.0 Å². The number of aromatic nitrogens is 4. The third kappa shape index (κ3) is 4.95. The third-order valence-corrected chi connectivity index (χ3v) is 7.51. The molecular formula is C22H23Cl2N5O3S. The van der Waals surface area contributed by atoms with E-state index in [2.05, 4.69) is 10.3 Å². The van der Waals surface area contributed by atoms with E-state index in [0.717, 1.165) is 42.0 Å². The van der Waals surface area contributed by atoms with Gasteiger partial charge in [0.2, 0.25) is 5.91 Å². The predicted octanol–water partition coefficient (Wildman–Crippen LogP) is 4.11. The van der Waals surface area contributed by atoms with E-state index in [1.165, 1.54) is 18.0 Å². The summed E-state index contributed by atoms with van der Waals surface area (Å²) in [5.41, 5.74) is -0.111. The Bertz CT molecular complexity index is 1350. The van der Waals surface area contributed by atoms with Crippen molar-refractivity contribution in [1.82, 2.24) is 19.1 Å². The molecule has 0 unspecified atom stereocenters. The normalized spacial score (nSPS) is 14.5. The maximum absolute atomic E-state index is 12.9. The van der Waals surface area contributed by atoms with E-state index in [0.29, 0.717) is 32.2 Å². The molecule has 1 aliphatic carbocycles. The summed E-state index contributed by atoms with van der Waals surface area (Å²) in [5, 5.41) is 4.15. The fourth-order valence-electron chi connectivity index (χ4n) is 4.00. The Morgan fingerprint density at radius 3 is 2.52 bits per heavy atom. The molecule has 2 aromatic heterocycles. The van der Waals surface area contributed by atoms with Gasteiger partial charge in [-0.15, -0.1) is 0 Å². The van der Waals surface area contributed by atoms with Gasteiger partial charge in [0.25, 0.3) is 5.56 Å². The highest BCUT2D eigenvalue weighted by Crippen LogP contribution is 2.33. The molecule has 4 rings (SSSR count). The summed E-state index contributed by atoms with van der Waals surface area (Å²) in [6.45, 7) is 0. The maximum atomic E-state index is 12.9. The van der Waals surface area contributed by atoms with Crippen LogP contribution in [0.5, 0.6) is 0 Å². The Morgan fingerprint density at radius 1 is 1.09 bits per heavy atom. The smallest absolute Gasteiger partial charge is 0.325 e. The second-order valence-corrected chi connectivity index (χ2v) is 9.87. The summed E-state index contributed by atoms with van der Waals surface area (Å²) in [6.07, 6.45) is 5.30. The number of hydrogen-bond acceptors (Lipinski definition) is 6. The molecule has 3 aromatic rings. The van der Waals surface area contributed by atoms with Gasteiger partial charge in [0.15, 0.2) is 5.65 Å². The second kappa shape index (κ2) is 9.87. The molecule has 0 bridgehead atoms. The highest BCUT2D eigenvalue weighted by atomic mass is 35.5. The topological polar surface area (TPSA) is 98.9 Å². The minimum absolute atomic E-state index is 0.0163. The molecule has 1 amide bonds. The minimum atomic E-state index is -0.476. The average Bonchev–Trinajstić information content (AvgIpc) is 2.82.